The normalized spacial score (nSPS) is 11.6. The number of benzene rings is 2. The maximum Gasteiger partial charge on any atom is 0.328 e. The molecule has 0 fully saturated rings. The smallest absolute Gasteiger partial charge is 0.321 e. The lowest BCUT2D eigenvalue weighted by molar-refractivity contribution is 0.619. The summed E-state index contributed by atoms with van der Waals surface area (Å²) in [5.74, 6) is 11.4. The van der Waals surface area contributed by atoms with E-state index in [0.29, 0.717) is 12.4 Å². The standard InChI is InChI=1S/C23H30N6O/c1-3-7-19-16-28(14-4-2)23(30)29(19)15-17-10-12-18(13-11-17)20-8-5-6-9-21(20)22(26-24)27-25/h5-6,8-13,16H,3-4,7,14-15,24-25H2,1-2H3,(H,26,27). The van der Waals surface area contributed by atoms with Crippen LogP contribution in [-0.2, 0) is 19.5 Å². The van der Waals surface area contributed by atoms with Crippen LogP contribution in [0.25, 0.3) is 11.1 Å². The van der Waals surface area contributed by atoms with Crippen LogP contribution in [0, 0.1) is 0 Å². The number of hydrazone groups is 1. The van der Waals surface area contributed by atoms with Gasteiger partial charge >= 0.3 is 5.69 Å². The van der Waals surface area contributed by atoms with Crippen molar-refractivity contribution in [1.29, 1.82) is 0 Å². The van der Waals surface area contributed by atoms with Crippen molar-refractivity contribution in [3.8, 4) is 11.1 Å². The number of aryl methyl sites for hydroxylation is 2. The van der Waals surface area contributed by atoms with Crippen LogP contribution in [-0.4, -0.2) is 15.0 Å². The van der Waals surface area contributed by atoms with E-state index in [1.165, 1.54) is 0 Å². The molecule has 0 aliphatic carbocycles. The van der Waals surface area contributed by atoms with Gasteiger partial charge in [0, 0.05) is 24.0 Å². The molecule has 30 heavy (non-hydrogen) atoms. The minimum absolute atomic E-state index is 0.0625. The quantitative estimate of drug-likeness (QED) is 0.232. The van der Waals surface area contributed by atoms with Gasteiger partial charge in [-0.15, -0.1) is 0 Å². The summed E-state index contributed by atoms with van der Waals surface area (Å²) >= 11 is 0. The fraction of sp³-hybridized carbons (Fsp3) is 0.304. The number of nitrogens with two attached hydrogens (primary N) is 2. The number of hydrazine groups is 1. The van der Waals surface area contributed by atoms with Gasteiger partial charge in [-0.2, -0.15) is 5.10 Å². The molecular weight excluding hydrogens is 376 g/mol. The lowest BCUT2D eigenvalue weighted by Crippen LogP contribution is -2.32. The number of nitrogens with one attached hydrogen (secondary N) is 1. The van der Waals surface area contributed by atoms with Gasteiger partial charge in [-0.25, -0.2) is 10.6 Å². The second kappa shape index (κ2) is 9.93. The van der Waals surface area contributed by atoms with Gasteiger partial charge < -0.3 is 11.3 Å². The number of aromatic nitrogens is 2. The molecule has 0 saturated heterocycles. The van der Waals surface area contributed by atoms with Crippen molar-refractivity contribution < 1.29 is 0 Å². The lowest BCUT2D eigenvalue weighted by Gasteiger charge is -2.12. The molecule has 0 saturated carbocycles. The number of nitrogens with zero attached hydrogens (tertiary/aromatic N) is 3. The molecule has 158 valence electrons. The highest BCUT2D eigenvalue weighted by molar-refractivity contribution is 6.04. The number of hydrogen-bond donors (Lipinski definition) is 3. The Kier molecular flexibility index (Phi) is 7.08. The SMILES string of the molecule is CCCc1cn(CCC)c(=O)n1Cc1ccc(-c2ccccc2/C(=N/N)NN)cc1. The Labute approximate surface area is 177 Å². The van der Waals surface area contributed by atoms with E-state index in [2.05, 4.69) is 36.5 Å². The van der Waals surface area contributed by atoms with Crippen LogP contribution in [0.1, 0.15) is 43.5 Å². The molecule has 0 atom stereocenters. The summed E-state index contributed by atoms with van der Waals surface area (Å²) in [7, 11) is 0. The first-order valence-electron chi connectivity index (χ1n) is 10.3. The van der Waals surface area contributed by atoms with Crippen molar-refractivity contribution >= 4 is 5.84 Å². The molecule has 0 radical (unpaired) electrons. The van der Waals surface area contributed by atoms with Crippen LogP contribution in [0.3, 0.4) is 0 Å². The van der Waals surface area contributed by atoms with Crippen LogP contribution < -0.4 is 22.8 Å². The Hall–Kier alpha value is -3.32. The van der Waals surface area contributed by atoms with Gasteiger partial charge in [0.1, 0.15) is 0 Å². The Balaban J connectivity index is 1.91. The molecular formula is C23H30N6O. The third-order valence-corrected chi connectivity index (χ3v) is 5.15. The van der Waals surface area contributed by atoms with Gasteiger partial charge in [-0.1, -0.05) is 68.8 Å². The number of hydrogen-bond acceptors (Lipinski definition) is 4. The van der Waals surface area contributed by atoms with Crippen molar-refractivity contribution in [2.24, 2.45) is 16.8 Å². The van der Waals surface area contributed by atoms with Crippen molar-refractivity contribution in [2.45, 2.75) is 46.2 Å². The predicted molar refractivity (Wildman–Crippen MR) is 122 cm³/mol. The van der Waals surface area contributed by atoms with E-state index in [-0.39, 0.29) is 5.69 Å². The lowest BCUT2D eigenvalue weighted by atomic mass is 9.98. The second-order valence-corrected chi connectivity index (χ2v) is 7.30. The van der Waals surface area contributed by atoms with Crippen LogP contribution >= 0.6 is 0 Å². The first-order chi connectivity index (χ1) is 14.6. The number of amidine groups is 1. The highest BCUT2D eigenvalue weighted by atomic mass is 16.1. The van der Waals surface area contributed by atoms with Gasteiger partial charge in [0.15, 0.2) is 5.84 Å². The van der Waals surface area contributed by atoms with E-state index in [1.54, 1.807) is 0 Å². The molecule has 7 heteroatoms. The Morgan fingerprint density at radius 1 is 1.07 bits per heavy atom. The Morgan fingerprint density at radius 3 is 2.43 bits per heavy atom. The largest absolute Gasteiger partial charge is 0.328 e. The molecule has 3 aromatic rings. The highest BCUT2D eigenvalue weighted by Crippen LogP contribution is 2.24. The van der Waals surface area contributed by atoms with Gasteiger partial charge in [-0.3, -0.25) is 9.13 Å². The summed E-state index contributed by atoms with van der Waals surface area (Å²) < 4.78 is 3.71. The summed E-state index contributed by atoms with van der Waals surface area (Å²) in [6, 6.07) is 16.0. The molecule has 3 rings (SSSR count). The summed E-state index contributed by atoms with van der Waals surface area (Å²) in [5.41, 5.74) is 7.60. The molecule has 5 N–H and O–H groups in total. The third kappa shape index (κ3) is 4.46. The molecule has 0 spiro atoms. The Morgan fingerprint density at radius 2 is 1.80 bits per heavy atom. The minimum atomic E-state index is 0.0625. The molecule has 0 unspecified atom stereocenters. The average Bonchev–Trinajstić information content (AvgIpc) is 3.05. The fourth-order valence-corrected chi connectivity index (χ4v) is 3.71. The van der Waals surface area contributed by atoms with Gasteiger partial charge in [0.25, 0.3) is 0 Å². The van der Waals surface area contributed by atoms with Crippen molar-refractivity contribution in [2.75, 3.05) is 0 Å². The summed E-state index contributed by atoms with van der Waals surface area (Å²) in [6.07, 6.45) is 4.85. The zero-order valence-electron chi connectivity index (χ0n) is 17.6. The van der Waals surface area contributed by atoms with Gasteiger partial charge in [0.05, 0.1) is 6.54 Å². The zero-order chi connectivity index (χ0) is 21.5. The van der Waals surface area contributed by atoms with E-state index in [1.807, 2.05) is 51.7 Å². The van der Waals surface area contributed by atoms with Crippen LogP contribution in [0.5, 0.6) is 0 Å². The summed E-state index contributed by atoms with van der Waals surface area (Å²) in [5, 5.41) is 3.73. The Bertz CT molecular complexity index is 1060. The van der Waals surface area contributed by atoms with Gasteiger partial charge in [0.2, 0.25) is 0 Å². The average molecular weight is 407 g/mol. The topological polar surface area (TPSA) is 103 Å². The maximum atomic E-state index is 12.8. The first kappa shape index (κ1) is 21.4. The van der Waals surface area contributed by atoms with Crippen LogP contribution in [0.2, 0.25) is 0 Å². The molecule has 0 aliphatic rings. The molecule has 0 amide bonds. The van der Waals surface area contributed by atoms with Crippen LogP contribution in [0.15, 0.2) is 64.6 Å². The van der Waals surface area contributed by atoms with Crippen molar-refractivity contribution in [3.63, 3.8) is 0 Å². The zero-order valence-corrected chi connectivity index (χ0v) is 17.6. The van der Waals surface area contributed by atoms with Crippen molar-refractivity contribution in [3.05, 3.63) is 82.0 Å². The fourth-order valence-electron chi connectivity index (χ4n) is 3.71. The monoisotopic (exact) mass is 406 g/mol. The maximum absolute atomic E-state index is 12.8. The molecule has 1 aromatic heterocycles. The number of imidazole rings is 1. The third-order valence-electron chi connectivity index (χ3n) is 5.15. The van der Waals surface area contributed by atoms with E-state index in [9.17, 15) is 4.79 Å². The first-order valence-corrected chi connectivity index (χ1v) is 10.3. The van der Waals surface area contributed by atoms with E-state index in [4.69, 9.17) is 11.7 Å². The molecule has 0 bridgehead atoms. The molecule has 7 nitrogen and oxygen atoms in total. The second-order valence-electron chi connectivity index (χ2n) is 7.30. The molecule has 1 heterocycles. The number of rotatable bonds is 8. The minimum Gasteiger partial charge on any atom is -0.321 e. The summed E-state index contributed by atoms with van der Waals surface area (Å²) in [4.78, 5) is 12.8. The molecule has 2 aromatic carbocycles. The van der Waals surface area contributed by atoms with E-state index in [0.717, 1.165) is 53.8 Å². The van der Waals surface area contributed by atoms with Crippen LogP contribution in [0.4, 0.5) is 0 Å². The predicted octanol–water partition coefficient (Wildman–Crippen LogP) is 2.81. The highest BCUT2D eigenvalue weighted by Gasteiger charge is 2.12. The van der Waals surface area contributed by atoms with Crippen molar-refractivity contribution in [1.82, 2.24) is 14.6 Å². The van der Waals surface area contributed by atoms with E-state index >= 15 is 0 Å². The summed E-state index contributed by atoms with van der Waals surface area (Å²) in [6.45, 7) is 5.53. The van der Waals surface area contributed by atoms with Gasteiger partial charge in [-0.05, 0) is 29.5 Å². The van der Waals surface area contributed by atoms with E-state index < -0.39 is 0 Å². The molecule has 0 aliphatic heterocycles.